The van der Waals surface area contributed by atoms with Gasteiger partial charge in [0.15, 0.2) is 11.6 Å². The maximum Gasteiger partial charge on any atom is 0.159 e. The monoisotopic (exact) mass is 269 g/mol. The highest BCUT2D eigenvalue weighted by molar-refractivity contribution is 5.22. The molecule has 4 heteroatoms. The predicted molar refractivity (Wildman–Crippen MR) is 70.7 cm³/mol. The lowest BCUT2D eigenvalue weighted by Crippen LogP contribution is -2.27. The van der Waals surface area contributed by atoms with Gasteiger partial charge in [-0.15, -0.1) is 0 Å². The Kier molecular flexibility index (Phi) is 3.43. The minimum absolute atomic E-state index is 0.181. The minimum Gasteiger partial charge on any atom is -0.387 e. The normalized spacial score (nSPS) is 22.3. The standard InChI is InChI=1S/C15H21F2NO/c1-14(2)13(15(14,3)4)18-8-12(19)9-5-6-10(16)11(17)7-9/h5-7,12-13,18-19H,8H2,1-4H3. The van der Waals surface area contributed by atoms with Crippen molar-refractivity contribution in [2.75, 3.05) is 6.54 Å². The van der Waals surface area contributed by atoms with Crippen LogP contribution in [0.2, 0.25) is 0 Å². The second-order valence-corrected chi connectivity index (χ2v) is 6.47. The average molecular weight is 269 g/mol. The molecule has 0 bridgehead atoms. The van der Waals surface area contributed by atoms with Crippen molar-refractivity contribution in [2.24, 2.45) is 10.8 Å². The Bertz CT molecular complexity index is 471. The van der Waals surface area contributed by atoms with Gasteiger partial charge in [0.2, 0.25) is 0 Å². The fourth-order valence-corrected chi connectivity index (χ4v) is 2.77. The number of benzene rings is 1. The Morgan fingerprint density at radius 2 is 1.74 bits per heavy atom. The quantitative estimate of drug-likeness (QED) is 0.880. The zero-order chi connectivity index (χ0) is 14.4. The van der Waals surface area contributed by atoms with Crippen LogP contribution in [0.4, 0.5) is 8.78 Å². The van der Waals surface area contributed by atoms with Crippen molar-refractivity contribution in [3.63, 3.8) is 0 Å². The van der Waals surface area contributed by atoms with E-state index < -0.39 is 17.7 Å². The molecule has 106 valence electrons. The molecule has 0 heterocycles. The number of aliphatic hydroxyl groups excluding tert-OH is 1. The molecule has 1 aliphatic rings. The number of hydrogen-bond acceptors (Lipinski definition) is 2. The van der Waals surface area contributed by atoms with Gasteiger partial charge in [0.25, 0.3) is 0 Å². The summed E-state index contributed by atoms with van der Waals surface area (Å²) < 4.78 is 25.9. The summed E-state index contributed by atoms with van der Waals surface area (Å²) in [6, 6.07) is 3.82. The van der Waals surface area contributed by atoms with Gasteiger partial charge in [0, 0.05) is 12.6 Å². The summed E-state index contributed by atoms with van der Waals surface area (Å²) in [6.45, 7) is 9.04. The van der Waals surface area contributed by atoms with Crippen LogP contribution in [0.1, 0.15) is 39.4 Å². The lowest BCUT2D eigenvalue weighted by atomic mass is 10.0. The van der Waals surface area contributed by atoms with E-state index in [0.717, 1.165) is 12.1 Å². The molecule has 0 spiro atoms. The van der Waals surface area contributed by atoms with E-state index in [4.69, 9.17) is 0 Å². The zero-order valence-electron chi connectivity index (χ0n) is 11.8. The highest BCUT2D eigenvalue weighted by atomic mass is 19.2. The molecule has 2 N–H and O–H groups in total. The second kappa shape index (κ2) is 4.53. The summed E-state index contributed by atoms with van der Waals surface area (Å²) in [5.74, 6) is -1.82. The first-order valence-electron chi connectivity index (χ1n) is 6.54. The first-order valence-corrected chi connectivity index (χ1v) is 6.54. The highest BCUT2D eigenvalue weighted by Gasteiger charge is 2.64. The van der Waals surface area contributed by atoms with E-state index in [1.54, 1.807) is 0 Å². The van der Waals surface area contributed by atoms with Gasteiger partial charge in [-0.05, 0) is 28.5 Å². The fraction of sp³-hybridized carbons (Fsp3) is 0.600. The predicted octanol–water partition coefficient (Wildman–Crippen LogP) is 3.02. The van der Waals surface area contributed by atoms with Gasteiger partial charge >= 0.3 is 0 Å². The Balaban J connectivity index is 1.96. The molecule has 0 aromatic heterocycles. The van der Waals surface area contributed by atoms with Crippen LogP contribution in [-0.2, 0) is 0 Å². The molecule has 1 fully saturated rings. The van der Waals surface area contributed by atoms with Crippen LogP contribution in [-0.4, -0.2) is 17.7 Å². The fourth-order valence-electron chi connectivity index (χ4n) is 2.77. The molecule has 2 nitrogen and oxygen atoms in total. The number of hydrogen-bond donors (Lipinski definition) is 2. The van der Waals surface area contributed by atoms with Crippen molar-refractivity contribution in [2.45, 2.75) is 39.8 Å². The first kappa shape index (κ1) is 14.4. The molecule has 1 atom stereocenters. The molecule has 0 radical (unpaired) electrons. The molecule has 0 amide bonds. The highest BCUT2D eigenvalue weighted by Crippen LogP contribution is 2.62. The summed E-state index contributed by atoms with van der Waals surface area (Å²) >= 11 is 0. The van der Waals surface area contributed by atoms with Crippen molar-refractivity contribution in [1.29, 1.82) is 0 Å². The molecule has 0 aliphatic heterocycles. The maximum atomic E-state index is 13.1. The van der Waals surface area contributed by atoms with Crippen LogP contribution < -0.4 is 5.32 Å². The lowest BCUT2D eigenvalue weighted by molar-refractivity contribution is 0.171. The largest absolute Gasteiger partial charge is 0.387 e. The van der Waals surface area contributed by atoms with Gasteiger partial charge in [-0.1, -0.05) is 33.8 Å². The third-order valence-electron chi connectivity index (χ3n) is 4.86. The lowest BCUT2D eigenvalue weighted by Gasteiger charge is -2.13. The van der Waals surface area contributed by atoms with Gasteiger partial charge in [-0.25, -0.2) is 8.78 Å². The summed E-state index contributed by atoms with van der Waals surface area (Å²) in [5.41, 5.74) is 0.754. The van der Waals surface area contributed by atoms with Gasteiger partial charge < -0.3 is 10.4 Å². The Morgan fingerprint density at radius 1 is 1.16 bits per heavy atom. The summed E-state index contributed by atoms with van der Waals surface area (Å²) in [7, 11) is 0. The minimum atomic E-state index is -0.927. The van der Waals surface area contributed by atoms with E-state index in [9.17, 15) is 13.9 Å². The van der Waals surface area contributed by atoms with Crippen LogP contribution in [0, 0.1) is 22.5 Å². The van der Waals surface area contributed by atoms with Gasteiger partial charge in [0.1, 0.15) is 0 Å². The van der Waals surface area contributed by atoms with E-state index in [1.807, 2.05) is 0 Å². The molecular formula is C15H21F2NO. The molecule has 1 saturated carbocycles. The smallest absolute Gasteiger partial charge is 0.159 e. The van der Waals surface area contributed by atoms with Crippen molar-refractivity contribution < 1.29 is 13.9 Å². The maximum absolute atomic E-state index is 13.1. The number of rotatable bonds is 4. The van der Waals surface area contributed by atoms with Crippen LogP contribution >= 0.6 is 0 Å². The van der Waals surface area contributed by atoms with E-state index in [-0.39, 0.29) is 10.8 Å². The van der Waals surface area contributed by atoms with Gasteiger partial charge in [-0.3, -0.25) is 0 Å². The van der Waals surface area contributed by atoms with Gasteiger partial charge in [-0.2, -0.15) is 0 Å². The Hall–Kier alpha value is -1.00. The van der Waals surface area contributed by atoms with E-state index in [1.165, 1.54) is 6.07 Å². The molecule has 19 heavy (non-hydrogen) atoms. The summed E-state index contributed by atoms with van der Waals surface area (Å²) in [4.78, 5) is 0. The number of aliphatic hydroxyl groups is 1. The molecule has 1 aromatic carbocycles. The molecule has 0 saturated heterocycles. The Morgan fingerprint density at radius 3 is 2.21 bits per heavy atom. The van der Waals surface area contributed by atoms with Crippen molar-refractivity contribution in [3.8, 4) is 0 Å². The van der Waals surface area contributed by atoms with Crippen LogP contribution in [0.3, 0.4) is 0 Å². The summed E-state index contributed by atoms with van der Waals surface area (Å²) in [5, 5.41) is 13.3. The molecule has 1 aliphatic carbocycles. The van der Waals surface area contributed by atoms with Crippen LogP contribution in [0.15, 0.2) is 18.2 Å². The average Bonchev–Trinajstić information content (AvgIpc) is 2.70. The SMILES string of the molecule is CC1(C)C(NCC(O)c2ccc(F)c(F)c2)C1(C)C. The summed E-state index contributed by atoms with van der Waals surface area (Å²) in [6.07, 6.45) is -0.831. The van der Waals surface area contributed by atoms with E-state index in [0.29, 0.717) is 18.2 Å². The Labute approximate surface area is 112 Å². The van der Waals surface area contributed by atoms with Crippen LogP contribution in [0.25, 0.3) is 0 Å². The number of halogens is 2. The van der Waals surface area contributed by atoms with Gasteiger partial charge in [0.05, 0.1) is 6.10 Å². The second-order valence-electron chi connectivity index (χ2n) is 6.47. The van der Waals surface area contributed by atoms with Crippen molar-refractivity contribution >= 4 is 0 Å². The number of nitrogens with one attached hydrogen (secondary N) is 1. The van der Waals surface area contributed by atoms with Crippen LogP contribution in [0.5, 0.6) is 0 Å². The molecule has 1 aromatic rings. The van der Waals surface area contributed by atoms with E-state index in [2.05, 4.69) is 33.0 Å². The van der Waals surface area contributed by atoms with E-state index >= 15 is 0 Å². The van der Waals surface area contributed by atoms with Crippen molar-refractivity contribution in [1.82, 2.24) is 5.32 Å². The molecular weight excluding hydrogens is 248 g/mol. The third kappa shape index (κ3) is 2.39. The third-order valence-corrected chi connectivity index (χ3v) is 4.86. The first-order chi connectivity index (χ1) is 8.68. The van der Waals surface area contributed by atoms with Crippen molar-refractivity contribution in [3.05, 3.63) is 35.4 Å². The molecule has 2 rings (SSSR count). The topological polar surface area (TPSA) is 32.3 Å². The zero-order valence-corrected chi connectivity index (χ0v) is 11.8. The molecule has 1 unspecified atom stereocenters.